The molecule has 5 heteroatoms. The summed E-state index contributed by atoms with van der Waals surface area (Å²) in [4.78, 5) is 0. The molecule has 110 valence electrons. The minimum Gasteiger partial charge on any atom is -0.490 e. The summed E-state index contributed by atoms with van der Waals surface area (Å²) in [6.45, 7) is 1.20. The van der Waals surface area contributed by atoms with Gasteiger partial charge in [-0.05, 0) is 51.3 Å². The fraction of sp³-hybridized carbons (Fsp3) is 0.250. The van der Waals surface area contributed by atoms with Crippen LogP contribution in [-0.2, 0) is 0 Å². The largest absolute Gasteiger partial charge is 0.490 e. The lowest BCUT2D eigenvalue weighted by Crippen LogP contribution is -2.01. The summed E-state index contributed by atoms with van der Waals surface area (Å²) in [7, 11) is 0. The number of aliphatic hydroxyl groups excluding tert-OH is 1. The van der Waals surface area contributed by atoms with Gasteiger partial charge in [0.15, 0.2) is 11.5 Å². The van der Waals surface area contributed by atoms with E-state index in [4.69, 9.17) is 9.47 Å². The van der Waals surface area contributed by atoms with Crippen LogP contribution in [-0.4, -0.2) is 18.3 Å². The van der Waals surface area contributed by atoms with E-state index in [1.807, 2.05) is 0 Å². The van der Waals surface area contributed by atoms with Crippen LogP contribution in [0, 0.1) is 5.82 Å². The van der Waals surface area contributed by atoms with Crippen molar-refractivity contribution >= 4 is 15.9 Å². The molecule has 3 rings (SSSR count). The van der Waals surface area contributed by atoms with E-state index >= 15 is 0 Å². The zero-order chi connectivity index (χ0) is 14.8. The predicted molar refractivity (Wildman–Crippen MR) is 80.2 cm³/mol. The number of benzene rings is 2. The van der Waals surface area contributed by atoms with E-state index in [0.717, 1.165) is 6.42 Å². The molecule has 3 nitrogen and oxygen atoms in total. The van der Waals surface area contributed by atoms with Gasteiger partial charge < -0.3 is 14.6 Å². The molecule has 1 heterocycles. The van der Waals surface area contributed by atoms with Crippen LogP contribution in [0.1, 0.15) is 23.7 Å². The Morgan fingerprint density at radius 1 is 1.00 bits per heavy atom. The van der Waals surface area contributed by atoms with Crippen molar-refractivity contribution in [2.24, 2.45) is 0 Å². The Bertz CT molecular complexity index is 660. The number of hydrogen-bond donors (Lipinski definition) is 1. The van der Waals surface area contributed by atoms with Crippen LogP contribution in [0.25, 0.3) is 0 Å². The van der Waals surface area contributed by atoms with Crippen molar-refractivity contribution in [3.63, 3.8) is 0 Å². The molecule has 1 unspecified atom stereocenters. The van der Waals surface area contributed by atoms with Gasteiger partial charge in [0, 0.05) is 6.42 Å². The molecule has 0 radical (unpaired) electrons. The summed E-state index contributed by atoms with van der Waals surface area (Å²) in [5, 5.41) is 10.4. The second-order valence-electron chi connectivity index (χ2n) is 4.83. The summed E-state index contributed by atoms with van der Waals surface area (Å²) in [5.41, 5.74) is 1.13. The van der Waals surface area contributed by atoms with Crippen LogP contribution in [0.2, 0.25) is 0 Å². The van der Waals surface area contributed by atoms with Gasteiger partial charge in [0.25, 0.3) is 0 Å². The quantitative estimate of drug-likeness (QED) is 0.892. The summed E-state index contributed by atoms with van der Waals surface area (Å²) >= 11 is 3.10. The first-order valence-electron chi connectivity index (χ1n) is 6.68. The highest BCUT2D eigenvalue weighted by atomic mass is 79.9. The van der Waals surface area contributed by atoms with E-state index in [-0.39, 0.29) is 0 Å². The Kier molecular flexibility index (Phi) is 4.12. The van der Waals surface area contributed by atoms with Crippen LogP contribution in [0.3, 0.4) is 0 Å². The zero-order valence-electron chi connectivity index (χ0n) is 11.2. The molecule has 0 bridgehead atoms. The molecule has 0 saturated carbocycles. The third kappa shape index (κ3) is 3.04. The maximum Gasteiger partial charge on any atom is 0.161 e. The van der Waals surface area contributed by atoms with Crippen molar-refractivity contribution in [2.45, 2.75) is 12.5 Å². The van der Waals surface area contributed by atoms with Crippen LogP contribution in [0.5, 0.6) is 11.5 Å². The number of halogens is 2. The first kappa shape index (κ1) is 14.4. The van der Waals surface area contributed by atoms with Gasteiger partial charge in [0.05, 0.1) is 17.7 Å². The molecule has 2 aromatic carbocycles. The zero-order valence-corrected chi connectivity index (χ0v) is 12.8. The predicted octanol–water partition coefficient (Wildman–Crippen LogP) is 3.83. The van der Waals surface area contributed by atoms with E-state index in [9.17, 15) is 9.50 Å². The third-order valence-electron chi connectivity index (χ3n) is 3.35. The van der Waals surface area contributed by atoms with Gasteiger partial charge in [-0.15, -0.1) is 0 Å². The molecular formula is C16H14BrFO3. The molecule has 0 spiro atoms. The van der Waals surface area contributed by atoms with E-state index in [0.29, 0.717) is 40.3 Å². The Balaban J connectivity index is 1.92. The highest BCUT2D eigenvalue weighted by Gasteiger charge is 2.17. The molecule has 0 saturated heterocycles. The second-order valence-corrected chi connectivity index (χ2v) is 5.69. The Hall–Kier alpha value is -1.59. The standard InChI is InChI=1S/C16H14BrFO3/c17-12-4-2-10(8-13(12)18)16(19)11-3-5-14-15(9-11)21-7-1-6-20-14/h2-5,8-9,16,19H,1,6-7H2. The van der Waals surface area contributed by atoms with Crippen molar-refractivity contribution < 1.29 is 19.0 Å². The summed E-state index contributed by atoms with van der Waals surface area (Å²) in [6.07, 6.45) is -0.0884. The van der Waals surface area contributed by atoms with Crippen molar-refractivity contribution in [2.75, 3.05) is 13.2 Å². The van der Waals surface area contributed by atoms with Crippen molar-refractivity contribution in [3.05, 3.63) is 57.8 Å². The second kappa shape index (κ2) is 6.03. The topological polar surface area (TPSA) is 38.7 Å². The first-order chi connectivity index (χ1) is 10.1. The summed E-state index contributed by atoms with van der Waals surface area (Å²) < 4.78 is 25.1. The van der Waals surface area contributed by atoms with Crippen LogP contribution in [0.15, 0.2) is 40.9 Å². The first-order valence-corrected chi connectivity index (χ1v) is 7.47. The lowest BCUT2D eigenvalue weighted by molar-refractivity contribution is 0.219. The maximum absolute atomic E-state index is 13.6. The molecule has 1 N–H and O–H groups in total. The average molecular weight is 353 g/mol. The number of ether oxygens (including phenoxy) is 2. The van der Waals surface area contributed by atoms with Gasteiger partial charge in [0.1, 0.15) is 11.9 Å². The normalized spacial score (nSPS) is 15.4. The van der Waals surface area contributed by atoms with E-state index in [1.54, 1.807) is 30.3 Å². The molecule has 0 fully saturated rings. The molecule has 1 aliphatic rings. The summed E-state index contributed by atoms with van der Waals surface area (Å²) in [6, 6.07) is 9.85. The average Bonchev–Trinajstić information content (AvgIpc) is 2.73. The smallest absolute Gasteiger partial charge is 0.161 e. The molecule has 0 amide bonds. The van der Waals surface area contributed by atoms with E-state index in [1.165, 1.54) is 6.07 Å². The SMILES string of the molecule is OC(c1ccc(Br)c(F)c1)c1ccc2c(c1)OCCCO2. The van der Waals surface area contributed by atoms with E-state index < -0.39 is 11.9 Å². The Morgan fingerprint density at radius 2 is 1.67 bits per heavy atom. The fourth-order valence-electron chi connectivity index (χ4n) is 2.22. The van der Waals surface area contributed by atoms with Crippen molar-refractivity contribution in [3.8, 4) is 11.5 Å². The van der Waals surface area contributed by atoms with Gasteiger partial charge in [-0.3, -0.25) is 0 Å². The van der Waals surface area contributed by atoms with Crippen molar-refractivity contribution in [1.82, 2.24) is 0 Å². The minimum atomic E-state index is -0.912. The molecule has 2 aromatic rings. The van der Waals surface area contributed by atoms with Gasteiger partial charge in [-0.2, -0.15) is 0 Å². The van der Waals surface area contributed by atoms with Crippen LogP contribution >= 0.6 is 15.9 Å². The van der Waals surface area contributed by atoms with Gasteiger partial charge in [-0.1, -0.05) is 12.1 Å². The Morgan fingerprint density at radius 3 is 2.43 bits per heavy atom. The third-order valence-corrected chi connectivity index (χ3v) is 3.99. The number of fused-ring (bicyclic) bond motifs is 1. The maximum atomic E-state index is 13.6. The van der Waals surface area contributed by atoms with Gasteiger partial charge in [0.2, 0.25) is 0 Å². The molecule has 21 heavy (non-hydrogen) atoms. The fourth-order valence-corrected chi connectivity index (χ4v) is 2.47. The van der Waals surface area contributed by atoms with E-state index in [2.05, 4.69) is 15.9 Å². The number of aliphatic hydroxyl groups is 1. The lowest BCUT2D eigenvalue weighted by Gasteiger charge is -2.14. The number of rotatable bonds is 2. The van der Waals surface area contributed by atoms with Gasteiger partial charge in [-0.25, -0.2) is 4.39 Å². The monoisotopic (exact) mass is 352 g/mol. The molecular weight excluding hydrogens is 339 g/mol. The van der Waals surface area contributed by atoms with Crippen LogP contribution < -0.4 is 9.47 Å². The molecule has 0 aliphatic carbocycles. The van der Waals surface area contributed by atoms with Crippen LogP contribution in [0.4, 0.5) is 4.39 Å². The molecule has 0 aromatic heterocycles. The highest BCUT2D eigenvalue weighted by molar-refractivity contribution is 9.10. The minimum absolute atomic E-state index is 0.372. The Labute approximate surface area is 130 Å². The molecule has 1 atom stereocenters. The molecule has 1 aliphatic heterocycles. The lowest BCUT2D eigenvalue weighted by atomic mass is 10.0. The van der Waals surface area contributed by atoms with Crippen molar-refractivity contribution in [1.29, 1.82) is 0 Å². The highest BCUT2D eigenvalue weighted by Crippen LogP contribution is 2.34. The number of hydrogen-bond acceptors (Lipinski definition) is 3. The summed E-state index contributed by atoms with van der Waals surface area (Å²) in [5.74, 6) is 0.882. The van der Waals surface area contributed by atoms with Gasteiger partial charge >= 0.3 is 0 Å².